The molecule has 4 nitrogen and oxygen atoms in total. The van der Waals surface area contributed by atoms with E-state index in [0.29, 0.717) is 6.42 Å². The maximum atomic E-state index is 11.6. The lowest BCUT2D eigenvalue weighted by Gasteiger charge is -2.41. The Morgan fingerprint density at radius 2 is 2.00 bits per heavy atom. The number of rotatable bonds is 5. The number of ketones is 1. The summed E-state index contributed by atoms with van der Waals surface area (Å²) in [5.74, 6) is -1.15. The van der Waals surface area contributed by atoms with Gasteiger partial charge in [-0.3, -0.25) is 4.79 Å². The predicted molar refractivity (Wildman–Crippen MR) is 49.8 cm³/mol. The molecule has 0 amide bonds. The van der Waals surface area contributed by atoms with Gasteiger partial charge in [-0.15, -0.1) is 0 Å². The van der Waals surface area contributed by atoms with Gasteiger partial charge in [0, 0.05) is 11.8 Å². The second-order valence-corrected chi connectivity index (χ2v) is 3.97. The second-order valence-electron chi connectivity index (χ2n) is 3.97. The molecule has 1 unspecified atom stereocenters. The third kappa shape index (κ3) is 1.95. The van der Waals surface area contributed by atoms with Crippen molar-refractivity contribution in [1.29, 1.82) is 0 Å². The van der Waals surface area contributed by atoms with Gasteiger partial charge < -0.3 is 10.2 Å². The minimum atomic E-state index is -1.40. The molecule has 0 aliphatic heterocycles. The number of carbonyl (C=O) groups is 2. The Bertz CT molecular complexity index is 243. The lowest BCUT2D eigenvalue weighted by Crippen LogP contribution is -2.42. The van der Waals surface area contributed by atoms with Gasteiger partial charge in [0.2, 0.25) is 0 Å². The first-order chi connectivity index (χ1) is 6.52. The van der Waals surface area contributed by atoms with Crippen LogP contribution in [0, 0.1) is 5.41 Å². The Morgan fingerprint density at radius 1 is 1.43 bits per heavy atom. The summed E-state index contributed by atoms with van der Waals surface area (Å²) >= 11 is 0. The van der Waals surface area contributed by atoms with E-state index < -0.39 is 17.5 Å². The molecule has 4 heteroatoms. The zero-order valence-corrected chi connectivity index (χ0v) is 8.32. The van der Waals surface area contributed by atoms with Crippen molar-refractivity contribution < 1.29 is 19.8 Å². The normalized spacial score (nSPS) is 21.0. The molecule has 80 valence electrons. The molecule has 0 aromatic heterocycles. The number of aliphatic carboxylic acids is 1. The quantitative estimate of drug-likeness (QED) is 0.693. The lowest BCUT2D eigenvalue weighted by atomic mass is 9.62. The number of aliphatic hydroxyl groups excluding tert-OH is 1. The van der Waals surface area contributed by atoms with Crippen LogP contribution >= 0.6 is 0 Å². The summed E-state index contributed by atoms with van der Waals surface area (Å²) < 4.78 is 0. The number of hydrogen-bond acceptors (Lipinski definition) is 3. The van der Waals surface area contributed by atoms with Crippen LogP contribution in [0.1, 0.15) is 39.0 Å². The van der Waals surface area contributed by atoms with Gasteiger partial charge in [0.05, 0.1) is 0 Å². The van der Waals surface area contributed by atoms with E-state index in [-0.39, 0.29) is 12.2 Å². The monoisotopic (exact) mass is 200 g/mol. The van der Waals surface area contributed by atoms with Crippen molar-refractivity contribution in [2.24, 2.45) is 5.41 Å². The molecule has 1 aliphatic rings. The first-order valence-electron chi connectivity index (χ1n) is 4.96. The van der Waals surface area contributed by atoms with Crippen LogP contribution in [0.2, 0.25) is 0 Å². The van der Waals surface area contributed by atoms with Crippen LogP contribution in [0.15, 0.2) is 0 Å². The average Bonchev–Trinajstić information content (AvgIpc) is 2.09. The van der Waals surface area contributed by atoms with Crippen LogP contribution < -0.4 is 0 Å². The molecule has 0 heterocycles. The van der Waals surface area contributed by atoms with E-state index >= 15 is 0 Å². The summed E-state index contributed by atoms with van der Waals surface area (Å²) in [4.78, 5) is 22.0. The van der Waals surface area contributed by atoms with Gasteiger partial charge in [-0.2, -0.15) is 0 Å². The number of aliphatic hydroxyl groups is 1. The molecule has 1 saturated carbocycles. The Kier molecular flexibility index (Phi) is 3.26. The van der Waals surface area contributed by atoms with E-state index in [1.165, 1.54) is 0 Å². The summed E-state index contributed by atoms with van der Waals surface area (Å²) in [7, 11) is 0. The van der Waals surface area contributed by atoms with Gasteiger partial charge in [-0.1, -0.05) is 13.3 Å². The summed E-state index contributed by atoms with van der Waals surface area (Å²) in [6.07, 6.45) is 1.51. The van der Waals surface area contributed by atoms with E-state index in [9.17, 15) is 14.7 Å². The minimum absolute atomic E-state index is 0.0784. The summed E-state index contributed by atoms with van der Waals surface area (Å²) in [6, 6.07) is 0. The SMILES string of the molecule is CCC(=O)C1(CC(O)C(=O)O)CCC1. The highest BCUT2D eigenvalue weighted by Crippen LogP contribution is 2.46. The van der Waals surface area contributed by atoms with E-state index in [1.807, 2.05) is 0 Å². The number of carboxylic acids is 1. The molecule has 14 heavy (non-hydrogen) atoms. The molecule has 0 spiro atoms. The van der Waals surface area contributed by atoms with Crippen LogP contribution in [0.25, 0.3) is 0 Å². The Balaban J connectivity index is 2.62. The molecule has 1 atom stereocenters. The van der Waals surface area contributed by atoms with Gasteiger partial charge in [0.15, 0.2) is 6.10 Å². The third-order valence-electron chi connectivity index (χ3n) is 3.09. The predicted octanol–water partition coefficient (Wildman–Crippen LogP) is 0.971. The van der Waals surface area contributed by atoms with Crippen molar-refractivity contribution >= 4 is 11.8 Å². The van der Waals surface area contributed by atoms with Crippen molar-refractivity contribution in [3.8, 4) is 0 Å². The summed E-state index contributed by atoms with van der Waals surface area (Å²) in [5.41, 5.74) is -0.535. The van der Waals surface area contributed by atoms with Gasteiger partial charge in [0.1, 0.15) is 5.78 Å². The molecular weight excluding hydrogens is 184 g/mol. The van der Waals surface area contributed by atoms with Crippen LogP contribution in [-0.4, -0.2) is 28.1 Å². The standard InChI is InChI=1S/C10H16O4/c1-2-8(12)10(4-3-5-10)6-7(11)9(13)14/h7,11H,2-6H2,1H3,(H,13,14). The van der Waals surface area contributed by atoms with Crippen molar-refractivity contribution in [3.05, 3.63) is 0 Å². The highest BCUT2D eigenvalue weighted by molar-refractivity contribution is 5.86. The fourth-order valence-corrected chi connectivity index (χ4v) is 2.03. The zero-order chi connectivity index (χ0) is 10.8. The minimum Gasteiger partial charge on any atom is -0.479 e. The molecule has 0 aromatic rings. The average molecular weight is 200 g/mol. The van der Waals surface area contributed by atoms with E-state index in [0.717, 1.165) is 19.3 Å². The number of hydrogen-bond donors (Lipinski definition) is 2. The summed E-state index contributed by atoms with van der Waals surface area (Å²) in [6.45, 7) is 1.77. The number of carbonyl (C=O) groups excluding carboxylic acids is 1. The fraction of sp³-hybridized carbons (Fsp3) is 0.800. The summed E-state index contributed by atoms with van der Waals surface area (Å²) in [5, 5.41) is 17.8. The van der Waals surface area contributed by atoms with Crippen molar-refractivity contribution in [3.63, 3.8) is 0 Å². The van der Waals surface area contributed by atoms with Crippen molar-refractivity contribution in [1.82, 2.24) is 0 Å². The molecule has 1 aliphatic carbocycles. The highest BCUT2D eigenvalue weighted by atomic mass is 16.4. The highest BCUT2D eigenvalue weighted by Gasteiger charge is 2.44. The molecule has 0 aromatic carbocycles. The van der Waals surface area contributed by atoms with Crippen LogP contribution in [0.3, 0.4) is 0 Å². The first kappa shape index (κ1) is 11.2. The van der Waals surface area contributed by atoms with Crippen molar-refractivity contribution in [2.75, 3.05) is 0 Å². The van der Waals surface area contributed by atoms with Gasteiger partial charge in [-0.25, -0.2) is 4.79 Å². The number of carboxylic acid groups (broad SMARTS) is 1. The molecule has 0 bridgehead atoms. The topological polar surface area (TPSA) is 74.6 Å². The Morgan fingerprint density at radius 3 is 2.29 bits per heavy atom. The number of Topliss-reactive ketones (excluding diaryl/α,β-unsaturated/α-hetero) is 1. The van der Waals surface area contributed by atoms with Crippen LogP contribution in [-0.2, 0) is 9.59 Å². The molecule has 2 N–H and O–H groups in total. The Hall–Kier alpha value is -0.900. The molecule has 0 radical (unpaired) electrons. The van der Waals surface area contributed by atoms with E-state index in [4.69, 9.17) is 5.11 Å². The second kappa shape index (κ2) is 4.09. The van der Waals surface area contributed by atoms with E-state index in [2.05, 4.69) is 0 Å². The maximum Gasteiger partial charge on any atom is 0.332 e. The lowest BCUT2D eigenvalue weighted by molar-refractivity contribution is -0.151. The largest absolute Gasteiger partial charge is 0.479 e. The van der Waals surface area contributed by atoms with Crippen LogP contribution in [0.5, 0.6) is 0 Å². The fourth-order valence-electron chi connectivity index (χ4n) is 2.03. The maximum absolute atomic E-state index is 11.6. The third-order valence-corrected chi connectivity index (χ3v) is 3.09. The van der Waals surface area contributed by atoms with Gasteiger partial charge in [-0.05, 0) is 19.3 Å². The molecular formula is C10H16O4. The van der Waals surface area contributed by atoms with E-state index in [1.54, 1.807) is 6.92 Å². The van der Waals surface area contributed by atoms with Crippen molar-refractivity contribution in [2.45, 2.75) is 45.1 Å². The molecule has 1 rings (SSSR count). The van der Waals surface area contributed by atoms with Gasteiger partial charge in [0.25, 0.3) is 0 Å². The van der Waals surface area contributed by atoms with Gasteiger partial charge >= 0.3 is 5.97 Å². The smallest absolute Gasteiger partial charge is 0.332 e. The van der Waals surface area contributed by atoms with Crippen LogP contribution in [0.4, 0.5) is 0 Å². The molecule has 0 saturated heterocycles. The zero-order valence-electron chi connectivity index (χ0n) is 8.32. The Labute approximate surface area is 82.9 Å². The molecule has 1 fully saturated rings. The first-order valence-corrected chi connectivity index (χ1v) is 4.96.